The van der Waals surface area contributed by atoms with Crippen molar-refractivity contribution in [1.82, 2.24) is 14.8 Å². The van der Waals surface area contributed by atoms with Crippen molar-refractivity contribution in [1.29, 1.82) is 0 Å². The molecule has 3 aromatic rings. The molecule has 0 saturated carbocycles. The average Bonchev–Trinajstić information content (AvgIpc) is 2.93. The van der Waals surface area contributed by atoms with Gasteiger partial charge in [-0.1, -0.05) is 6.07 Å². The van der Waals surface area contributed by atoms with E-state index < -0.39 is 10.0 Å². The van der Waals surface area contributed by atoms with Gasteiger partial charge in [0.05, 0.1) is 0 Å². The Labute approximate surface area is 148 Å². The second-order valence-electron chi connectivity index (χ2n) is 5.38. The Morgan fingerprint density at radius 1 is 1.12 bits per heavy atom. The van der Waals surface area contributed by atoms with Crippen LogP contribution in [0, 0.1) is 6.92 Å². The highest BCUT2D eigenvalue weighted by Crippen LogP contribution is 2.26. The second-order valence-corrected chi connectivity index (χ2v) is 7.89. The van der Waals surface area contributed by atoms with E-state index >= 15 is 0 Å². The Morgan fingerprint density at radius 2 is 1.83 bits per heavy atom. The highest BCUT2D eigenvalue weighted by atomic mass is 79.9. The van der Waals surface area contributed by atoms with Gasteiger partial charge in [0, 0.05) is 22.8 Å². The summed E-state index contributed by atoms with van der Waals surface area (Å²) in [5.41, 5.74) is 2.32. The molecule has 0 saturated heterocycles. The summed E-state index contributed by atoms with van der Waals surface area (Å²) in [5, 5.41) is 7.86. The number of hydrogen-bond donors (Lipinski definition) is 1. The number of halogens is 1. The minimum atomic E-state index is -3.67. The van der Waals surface area contributed by atoms with E-state index in [1.165, 1.54) is 0 Å². The van der Waals surface area contributed by atoms with Crippen LogP contribution < -0.4 is 4.72 Å². The maximum Gasteiger partial charge on any atom is 0.263 e. The minimum Gasteiger partial charge on any atom is -0.317 e. The standard InChI is InChI=1S/C16H15BrN4O2S/c1-11-3-8-15(14(17)9-11)24(22,23)20-13-6-4-12(5-7-13)16-19-18-10-21(16)2/h3-10,20H,1-2H3. The molecule has 0 aliphatic carbocycles. The number of sulfonamides is 1. The minimum absolute atomic E-state index is 0.200. The van der Waals surface area contributed by atoms with Crippen LogP contribution in [-0.4, -0.2) is 23.2 Å². The molecular formula is C16H15BrN4O2S. The van der Waals surface area contributed by atoms with Gasteiger partial charge in [0.1, 0.15) is 11.2 Å². The summed E-state index contributed by atoms with van der Waals surface area (Å²) in [6.07, 6.45) is 1.61. The fourth-order valence-corrected chi connectivity index (χ4v) is 4.52. The summed E-state index contributed by atoms with van der Waals surface area (Å²) in [5.74, 6) is 0.714. The van der Waals surface area contributed by atoms with E-state index in [0.29, 0.717) is 16.0 Å². The summed E-state index contributed by atoms with van der Waals surface area (Å²) in [7, 11) is -1.82. The molecule has 8 heteroatoms. The van der Waals surface area contributed by atoms with Crippen molar-refractivity contribution in [2.24, 2.45) is 7.05 Å². The van der Waals surface area contributed by atoms with E-state index in [9.17, 15) is 8.42 Å². The molecular weight excluding hydrogens is 392 g/mol. The quantitative estimate of drug-likeness (QED) is 0.720. The molecule has 24 heavy (non-hydrogen) atoms. The van der Waals surface area contributed by atoms with Crippen molar-refractivity contribution in [3.05, 3.63) is 58.8 Å². The van der Waals surface area contributed by atoms with Crippen molar-refractivity contribution in [3.8, 4) is 11.4 Å². The fraction of sp³-hybridized carbons (Fsp3) is 0.125. The summed E-state index contributed by atoms with van der Waals surface area (Å²) in [4.78, 5) is 0.200. The number of hydrogen-bond acceptors (Lipinski definition) is 4. The number of aryl methyl sites for hydroxylation is 2. The molecule has 3 rings (SSSR count). The van der Waals surface area contributed by atoms with Gasteiger partial charge in [-0.05, 0) is 64.8 Å². The van der Waals surface area contributed by atoms with Crippen molar-refractivity contribution >= 4 is 31.6 Å². The van der Waals surface area contributed by atoms with Crippen molar-refractivity contribution in [3.63, 3.8) is 0 Å². The van der Waals surface area contributed by atoms with E-state index in [1.54, 1.807) is 53.4 Å². The van der Waals surface area contributed by atoms with E-state index in [2.05, 4.69) is 30.8 Å². The largest absolute Gasteiger partial charge is 0.317 e. The van der Waals surface area contributed by atoms with Gasteiger partial charge in [-0.3, -0.25) is 4.72 Å². The molecule has 0 fully saturated rings. The van der Waals surface area contributed by atoms with Gasteiger partial charge < -0.3 is 4.57 Å². The lowest BCUT2D eigenvalue weighted by Gasteiger charge is -2.10. The topological polar surface area (TPSA) is 76.9 Å². The molecule has 124 valence electrons. The Kier molecular flexibility index (Phi) is 4.42. The molecule has 6 nitrogen and oxygen atoms in total. The maximum atomic E-state index is 12.5. The molecule has 1 heterocycles. The first-order valence-electron chi connectivity index (χ1n) is 7.10. The summed E-state index contributed by atoms with van der Waals surface area (Å²) < 4.78 is 30.0. The Balaban J connectivity index is 1.86. The Hall–Kier alpha value is -2.19. The molecule has 0 aliphatic heterocycles. The van der Waals surface area contributed by atoms with Crippen LogP contribution in [0.15, 0.2) is 58.2 Å². The molecule has 0 spiro atoms. The van der Waals surface area contributed by atoms with Crippen LogP contribution in [-0.2, 0) is 17.1 Å². The van der Waals surface area contributed by atoms with Gasteiger partial charge in [-0.25, -0.2) is 8.42 Å². The predicted molar refractivity (Wildman–Crippen MR) is 96.1 cm³/mol. The van der Waals surface area contributed by atoms with Crippen LogP contribution in [0.3, 0.4) is 0 Å². The van der Waals surface area contributed by atoms with Crippen LogP contribution in [0.5, 0.6) is 0 Å². The van der Waals surface area contributed by atoms with Gasteiger partial charge in [-0.15, -0.1) is 10.2 Å². The molecule has 0 unspecified atom stereocenters. The first-order valence-corrected chi connectivity index (χ1v) is 9.38. The second kappa shape index (κ2) is 6.37. The van der Waals surface area contributed by atoms with Crippen molar-refractivity contribution in [2.75, 3.05) is 4.72 Å². The third-order valence-corrected chi connectivity index (χ3v) is 5.84. The highest BCUT2D eigenvalue weighted by Gasteiger charge is 2.18. The van der Waals surface area contributed by atoms with Crippen LogP contribution in [0.1, 0.15) is 5.56 Å². The zero-order valence-electron chi connectivity index (χ0n) is 13.1. The molecule has 0 bridgehead atoms. The van der Waals surface area contributed by atoms with E-state index in [0.717, 1.165) is 11.1 Å². The number of benzene rings is 2. The zero-order chi connectivity index (χ0) is 17.3. The monoisotopic (exact) mass is 406 g/mol. The SMILES string of the molecule is Cc1ccc(S(=O)(=O)Nc2ccc(-c3nncn3C)cc2)c(Br)c1. The summed E-state index contributed by atoms with van der Waals surface area (Å²) >= 11 is 3.30. The van der Waals surface area contributed by atoms with E-state index in [1.807, 2.05) is 14.0 Å². The van der Waals surface area contributed by atoms with Crippen molar-refractivity contribution in [2.45, 2.75) is 11.8 Å². The third kappa shape index (κ3) is 3.34. The molecule has 2 aromatic carbocycles. The van der Waals surface area contributed by atoms with Crippen LogP contribution in [0.4, 0.5) is 5.69 Å². The zero-order valence-corrected chi connectivity index (χ0v) is 15.5. The van der Waals surface area contributed by atoms with E-state index in [-0.39, 0.29) is 4.90 Å². The molecule has 1 aromatic heterocycles. The normalized spacial score (nSPS) is 11.5. The first kappa shape index (κ1) is 16.7. The highest BCUT2D eigenvalue weighted by molar-refractivity contribution is 9.10. The molecule has 0 radical (unpaired) electrons. The number of aromatic nitrogens is 3. The van der Waals surface area contributed by atoms with Gasteiger partial charge in [0.2, 0.25) is 0 Å². The average molecular weight is 407 g/mol. The fourth-order valence-electron chi connectivity index (χ4n) is 2.27. The first-order chi connectivity index (χ1) is 11.4. The van der Waals surface area contributed by atoms with Gasteiger partial charge in [-0.2, -0.15) is 0 Å². The number of anilines is 1. The predicted octanol–water partition coefficient (Wildman–Crippen LogP) is 3.35. The Bertz CT molecular complexity index is 982. The van der Waals surface area contributed by atoms with E-state index in [4.69, 9.17) is 0 Å². The molecule has 0 aliphatic rings. The van der Waals surface area contributed by atoms with Crippen LogP contribution >= 0.6 is 15.9 Å². The molecule has 1 N–H and O–H groups in total. The molecule has 0 amide bonds. The third-order valence-electron chi connectivity index (χ3n) is 3.48. The lowest BCUT2D eigenvalue weighted by atomic mass is 10.2. The number of rotatable bonds is 4. The lowest BCUT2D eigenvalue weighted by molar-refractivity contribution is 0.600. The van der Waals surface area contributed by atoms with Crippen LogP contribution in [0.2, 0.25) is 0 Å². The molecule has 0 atom stereocenters. The number of nitrogens with one attached hydrogen (secondary N) is 1. The Morgan fingerprint density at radius 3 is 2.42 bits per heavy atom. The van der Waals surface area contributed by atoms with Gasteiger partial charge in [0.15, 0.2) is 5.82 Å². The van der Waals surface area contributed by atoms with Gasteiger partial charge >= 0.3 is 0 Å². The lowest BCUT2D eigenvalue weighted by Crippen LogP contribution is -2.13. The van der Waals surface area contributed by atoms with Gasteiger partial charge in [0.25, 0.3) is 10.0 Å². The van der Waals surface area contributed by atoms with Crippen molar-refractivity contribution < 1.29 is 8.42 Å². The number of nitrogens with zero attached hydrogens (tertiary/aromatic N) is 3. The maximum absolute atomic E-state index is 12.5. The van der Waals surface area contributed by atoms with Crippen LogP contribution in [0.25, 0.3) is 11.4 Å². The summed E-state index contributed by atoms with van der Waals surface area (Å²) in [6, 6.07) is 12.1. The summed E-state index contributed by atoms with van der Waals surface area (Å²) in [6.45, 7) is 1.90. The smallest absolute Gasteiger partial charge is 0.263 e.